The molecule has 2 amide bonds. The summed E-state index contributed by atoms with van der Waals surface area (Å²) in [4.78, 5) is 33.6. The second-order valence-corrected chi connectivity index (χ2v) is 6.49. The molecule has 0 aliphatic carbocycles. The van der Waals surface area contributed by atoms with Gasteiger partial charge in [-0.3, -0.25) is 14.6 Å². The minimum atomic E-state index is -0.261. The van der Waals surface area contributed by atoms with E-state index in [0.717, 1.165) is 36.9 Å². The van der Waals surface area contributed by atoms with Crippen LogP contribution in [-0.4, -0.2) is 46.6 Å². The van der Waals surface area contributed by atoms with Crippen molar-refractivity contribution in [2.24, 2.45) is 0 Å². The van der Waals surface area contributed by atoms with Crippen LogP contribution < -0.4 is 10.6 Å². The van der Waals surface area contributed by atoms with Crippen LogP contribution in [0.25, 0.3) is 0 Å². The molecule has 8 nitrogen and oxygen atoms in total. The number of methoxy groups -OCH3 is 1. The van der Waals surface area contributed by atoms with Gasteiger partial charge in [0.15, 0.2) is 5.82 Å². The van der Waals surface area contributed by atoms with Crippen molar-refractivity contribution in [1.82, 2.24) is 25.2 Å². The maximum absolute atomic E-state index is 12.7. The largest absolute Gasteiger partial charge is 0.385 e. The van der Waals surface area contributed by atoms with Crippen LogP contribution in [0.4, 0.5) is 0 Å². The van der Waals surface area contributed by atoms with E-state index in [9.17, 15) is 9.59 Å². The number of nitrogens with zero attached hydrogens (tertiary/aromatic N) is 3. The summed E-state index contributed by atoms with van der Waals surface area (Å²) in [5.41, 5.74) is 2.10. The molecule has 2 aromatic heterocycles. The molecule has 0 radical (unpaired) electrons. The SMILES string of the molecule is COCCCNC(=O)c1nc(C(=O)NCc2cccnc2)c2n1CCCC2. The summed E-state index contributed by atoms with van der Waals surface area (Å²) in [6.45, 7) is 2.18. The van der Waals surface area contributed by atoms with Gasteiger partial charge < -0.3 is 19.9 Å². The van der Waals surface area contributed by atoms with E-state index < -0.39 is 0 Å². The number of rotatable bonds is 8. The number of aromatic nitrogens is 3. The zero-order valence-corrected chi connectivity index (χ0v) is 15.5. The lowest BCUT2D eigenvalue weighted by molar-refractivity contribution is 0.0932. The van der Waals surface area contributed by atoms with Gasteiger partial charge in [0.05, 0.1) is 5.69 Å². The molecule has 0 saturated heterocycles. The van der Waals surface area contributed by atoms with Crippen molar-refractivity contribution in [3.63, 3.8) is 0 Å². The highest BCUT2D eigenvalue weighted by Gasteiger charge is 2.27. The summed E-state index contributed by atoms with van der Waals surface area (Å²) >= 11 is 0. The first-order valence-corrected chi connectivity index (χ1v) is 9.24. The summed E-state index contributed by atoms with van der Waals surface area (Å²) in [6, 6.07) is 3.72. The van der Waals surface area contributed by atoms with Gasteiger partial charge in [0.2, 0.25) is 0 Å². The Morgan fingerprint density at radius 1 is 1.26 bits per heavy atom. The Balaban J connectivity index is 1.72. The molecule has 0 fully saturated rings. The second kappa shape index (κ2) is 9.27. The monoisotopic (exact) mass is 371 g/mol. The van der Waals surface area contributed by atoms with Crippen molar-refractivity contribution in [1.29, 1.82) is 0 Å². The van der Waals surface area contributed by atoms with E-state index in [4.69, 9.17) is 4.74 Å². The predicted octanol–water partition coefficient (Wildman–Crippen LogP) is 1.31. The Labute approximate surface area is 158 Å². The minimum Gasteiger partial charge on any atom is -0.385 e. The van der Waals surface area contributed by atoms with Gasteiger partial charge in [0.1, 0.15) is 5.69 Å². The summed E-state index contributed by atoms with van der Waals surface area (Å²) in [6.07, 6.45) is 6.85. The first kappa shape index (κ1) is 19.0. The van der Waals surface area contributed by atoms with Gasteiger partial charge in [0.25, 0.3) is 11.8 Å². The molecule has 0 aromatic carbocycles. The number of hydrogen-bond acceptors (Lipinski definition) is 5. The van der Waals surface area contributed by atoms with Crippen LogP contribution in [0.2, 0.25) is 0 Å². The smallest absolute Gasteiger partial charge is 0.287 e. The third-order valence-electron chi connectivity index (χ3n) is 4.52. The third kappa shape index (κ3) is 4.71. The van der Waals surface area contributed by atoms with Crippen LogP contribution in [0.3, 0.4) is 0 Å². The molecule has 144 valence electrons. The number of fused-ring (bicyclic) bond motifs is 1. The molecule has 0 unspecified atom stereocenters. The molecule has 8 heteroatoms. The van der Waals surface area contributed by atoms with Crippen LogP contribution in [-0.2, 0) is 24.2 Å². The number of ether oxygens (including phenoxy) is 1. The first-order chi connectivity index (χ1) is 13.2. The van der Waals surface area contributed by atoms with Gasteiger partial charge in [-0.1, -0.05) is 6.07 Å². The number of carbonyl (C=O) groups excluding carboxylic acids is 2. The molecule has 3 heterocycles. The first-order valence-electron chi connectivity index (χ1n) is 9.24. The maximum atomic E-state index is 12.7. The maximum Gasteiger partial charge on any atom is 0.287 e. The van der Waals surface area contributed by atoms with Crippen LogP contribution in [0.15, 0.2) is 24.5 Å². The fraction of sp³-hybridized carbons (Fsp3) is 0.474. The third-order valence-corrected chi connectivity index (χ3v) is 4.52. The van der Waals surface area contributed by atoms with Crippen LogP contribution in [0.5, 0.6) is 0 Å². The number of hydrogen-bond donors (Lipinski definition) is 2. The average molecular weight is 371 g/mol. The molecule has 0 atom stereocenters. The van der Waals surface area contributed by atoms with Crippen molar-refractivity contribution in [3.05, 3.63) is 47.3 Å². The number of imidazole rings is 1. The van der Waals surface area contributed by atoms with Crippen molar-refractivity contribution in [2.45, 2.75) is 38.8 Å². The average Bonchev–Trinajstić information content (AvgIpc) is 3.10. The van der Waals surface area contributed by atoms with E-state index in [0.29, 0.717) is 37.8 Å². The van der Waals surface area contributed by atoms with Crippen molar-refractivity contribution in [2.75, 3.05) is 20.3 Å². The van der Waals surface area contributed by atoms with E-state index in [2.05, 4.69) is 20.6 Å². The van der Waals surface area contributed by atoms with E-state index in [1.165, 1.54) is 0 Å². The summed E-state index contributed by atoms with van der Waals surface area (Å²) in [5.74, 6) is -0.197. The van der Waals surface area contributed by atoms with Crippen LogP contribution >= 0.6 is 0 Å². The number of carbonyl (C=O) groups is 2. The molecule has 0 bridgehead atoms. The zero-order chi connectivity index (χ0) is 19.1. The topological polar surface area (TPSA) is 98.1 Å². The standard InChI is InChI=1S/C19H25N5O3/c1-27-11-5-9-21-19(26)17-23-16(15-7-2-3-10-24(15)17)18(25)22-13-14-6-4-8-20-12-14/h4,6,8,12H,2-3,5,7,9-11,13H2,1H3,(H,21,26)(H,22,25). The number of amides is 2. The van der Waals surface area contributed by atoms with Crippen molar-refractivity contribution < 1.29 is 14.3 Å². The highest BCUT2D eigenvalue weighted by molar-refractivity contribution is 5.97. The van der Waals surface area contributed by atoms with Crippen LogP contribution in [0, 0.1) is 0 Å². The number of nitrogens with one attached hydrogen (secondary N) is 2. The highest BCUT2D eigenvalue weighted by atomic mass is 16.5. The van der Waals surface area contributed by atoms with Crippen LogP contribution in [0.1, 0.15) is 51.6 Å². The second-order valence-electron chi connectivity index (χ2n) is 6.49. The highest BCUT2D eigenvalue weighted by Crippen LogP contribution is 2.21. The lowest BCUT2D eigenvalue weighted by Gasteiger charge is -2.17. The lowest BCUT2D eigenvalue weighted by atomic mass is 10.1. The van der Waals surface area contributed by atoms with Crippen molar-refractivity contribution >= 4 is 11.8 Å². The van der Waals surface area contributed by atoms with Gasteiger partial charge in [-0.05, 0) is 37.3 Å². The van der Waals surface area contributed by atoms with E-state index in [1.54, 1.807) is 19.5 Å². The van der Waals surface area contributed by atoms with Gasteiger partial charge in [-0.15, -0.1) is 0 Å². The van der Waals surface area contributed by atoms with Gasteiger partial charge >= 0.3 is 0 Å². The van der Waals surface area contributed by atoms with E-state index in [-0.39, 0.29) is 11.8 Å². The minimum absolute atomic E-state index is 0.249. The quantitative estimate of drug-likeness (QED) is 0.682. The molecule has 2 aromatic rings. The Hall–Kier alpha value is -2.74. The molecule has 0 spiro atoms. The molecule has 27 heavy (non-hydrogen) atoms. The molecular weight excluding hydrogens is 346 g/mol. The Bertz CT molecular complexity index is 788. The van der Waals surface area contributed by atoms with E-state index >= 15 is 0 Å². The summed E-state index contributed by atoms with van der Waals surface area (Å²) in [7, 11) is 1.63. The fourth-order valence-electron chi connectivity index (χ4n) is 3.16. The van der Waals surface area contributed by atoms with Gasteiger partial charge in [-0.25, -0.2) is 4.98 Å². The molecule has 3 rings (SSSR count). The van der Waals surface area contributed by atoms with Crippen molar-refractivity contribution in [3.8, 4) is 0 Å². The molecule has 1 aliphatic heterocycles. The molecule has 0 saturated carbocycles. The Morgan fingerprint density at radius 2 is 2.15 bits per heavy atom. The Kier molecular flexibility index (Phi) is 6.54. The molecule has 1 aliphatic rings. The normalized spacial score (nSPS) is 13.1. The zero-order valence-electron chi connectivity index (χ0n) is 15.5. The summed E-state index contributed by atoms with van der Waals surface area (Å²) in [5, 5.41) is 5.73. The lowest BCUT2D eigenvalue weighted by Crippen LogP contribution is -2.29. The molecule has 2 N–H and O–H groups in total. The summed E-state index contributed by atoms with van der Waals surface area (Å²) < 4.78 is 6.87. The van der Waals surface area contributed by atoms with Gasteiger partial charge in [-0.2, -0.15) is 0 Å². The molecular formula is C19H25N5O3. The van der Waals surface area contributed by atoms with E-state index in [1.807, 2.05) is 16.7 Å². The number of pyridine rings is 1. The predicted molar refractivity (Wildman–Crippen MR) is 99.4 cm³/mol. The van der Waals surface area contributed by atoms with Gasteiger partial charge in [0, 0.05) is 45.7 Å². The fourth-order valence-corrected chi connectivity index (χ4v) is 3.16. The Morgan fingerprint density at radius 3 is 2.93 bits per heavy atom.